The SMILES string of the molecule is O=C1C=C[C@@H]2[C@H]1[C@@H]1C=C[C@H]2CC1=O. The van der Waals surface area contributed by atoms with Gasteiger partial charge in [-0.1, -0.05) is 18.2 Å². The zero-order chi connectivity index (χ0) is 9.00. The maximum absolute atomic E-state index is 11.5. The Morgan fingerprint density at radius 2 is 2.00 bits per heavy atom. The lowest BCUT2D eigenvalue weighted by Gasteiger charge is -2.38. The largest absolute Gasteiger partial charge is 0.299 e. The molecule has 4 aliphatic rings. The van der Waals surface area contributed by atoms with Gasteiger partial charge in [0.05, 0.1) is 0 Å². The van der Waals surface area contributed by atoms with Crippen molar-refractivity contribution in [1.82, 2.24) is 0 Å². The standard InChI is InChI=1S/C11H10O2/c12-9-4-3-7-6-1-2-8(11(7)9)10(13)5-6/h1-4,6-8,11H,5H2/t6-,7-,8+,11-/m0/s1. The lowest BCUT2D eigenvalue weighted by atomic mass is 9.63. The van der Waals surface area contributed by atoms with Crippen LogP contribution in [0.4, 0.5) is 0 Å². The second-order valence-corrected chi connectivity index (χ2v) is 4.11. The molecule has 0 saturated heterocycles. The summed E-state index contributed by atoms with van der Waals surface area (Å²) in [7, 11) is 0. The van der Waals surface area contributed by atoms with Crippen molar-refractivity contribution in [2.75, 3.05) is 0 Å². The molecule has 1 fully saturated rings. The number of carbonyl (C=O) groups excluding carboxylic acids is 2. The maximum atomic E-state index is 11.5. The Balaban J connectivity index is 2.09. The van der Waals surface area contributed by atoms with Crippen LogP contribution in [0.25, 0.3) is 0 Å². The van der Waals surface area contributed by atoms with Crippen LogP contribution in [0.1, 0.15) is 6.42 Å². The molecule has 0 aliphatic heterocycles. The van der Waals surface area contributed by atoms with Gasteiger partial charge in [-0.15, -0.1) is 0 Å². The number of rotatable bonds is 0. The van der Waals surface area contributed by atoms with Gasteiger partial charge in [-0.25, -0.2) is 0 Å². The Kier molecular flexibility index (Phi) is 1.22. The number of ketones is 2. The third-order valence-corrected chi connectivity index (χ3v) is 3.48. The van der Waals surface area contributed by atoms with Gasteiger partial charge in [-0.05, 0) is 17.9 Å². The van der Waals surface area contributed by atoms with Crippen LogP contribution in [0.2, 0.25) is 0 Å². The Morgan fingerprint density at radius 1 is 1.15 bits per heavy atom. The third-order valence-electron chi connectivity index (χ3n) is 3.48. The number of hydrogen-bond acceptors (Lipinski definition) is 2. The highest BCUT2D eigenvalue weighted by atomic mass is 16.1. The zero-order valence-corrected chi connectivity index (χ0v) is 7.14. The van der Waals surface area contributed by atoms with E-state index in [2.05, 4.69) is 6.08 Å². The summed E-state index contributed by atoms with van der Waals surface area (Å²) in [6, 6.07) is 0. The topological polar surface area (TPSA) is 34.1 Å². The summed E-state index contributed by atoms with van der Waals surface area (Å²) in [4.78, 5) is 23.0. The smallest absolute Gasteiger partial charge is 0.160 e. The highest BCUT2D eigenvalue weighted by molar-refractivity contribution is 6.01. The molecular weight excluding hydrogens is 164 g/mol. The van der Waals surface area contributed by atoms with Crippen LogP contribution in [0.15, 0.2) is 24.3 Å². The molecule has 0 aromatic carbocycles. The van der Waals surface area contributed by atoms with Gasteiger partial charge < -0.3 is 0 Å². The lowest BCUT2D eigenvalue weighted by Crippen LogP contribution is -2.42. The molecule has 2 nitrogen and oxygen atoms in total. The maximum Gasteiger partial charge on any atom is 0.160 e. The first-order valence-corrected chi connectivity index (χ1v) is 4.70. The third kappa shape index (κ3) is 0.781. The summed E-state index contributed by atoms with van der Waals surface area (Å²) in [6.45, 7) is 0. The van der Waals surface area contributed by atoms with E-state index < -0.39 is 0 Å². The second-order valence-electron chi connectivity index (χ2n) is 4.11. The van der Waals surface area contributed by atoms with Gasteiger partial charge >= 0.3 is 0 Å². The van der Waals surface area contributed by atoms with Crippen LogP contribution < -0.4 is 0 Å². The summed E-state index contributed by atoms with van der Waals surface area (Å²) in [5.41, 5.74) is 0. The van der Waals surface area contributed by atoms with Crippen molar-refractivity contribution in [3.05, 3.63) is 24.3 Å². The minimum absolute atomic E-state index is 0.0451. The highest BCUT2D eigenvalue weighted by Crippen LogP contribution is 2.46. The highest BCUT2D eigenvalue weighted by Gasteiger charge is 2.48. The van der Waals surface area contributed by atoms with Crippen LogP contribution in [-0.2, 0) is 9.59 Å². The predicted molar refractivity (Wildman–Crippen MR) is 46.9 cm³/mol. The van der Waals surface area contributed by atoms with Crippen LogP contribution in [0, 0.1) is 23.7 Å². The van der Waals surface area contributed by atoms with Crippen molar-refractivity contribution in [2.45, 2.75) is 6.42 Å². The molecule has 0 aromatic heterocycles. The van der Waals surface area contributed by atoms with Crippen molar-refractivity contribution in [3.8, 4) is 0 Å². The summed E-state index contributed by atoms with van der Waals surface area (Å²) < 4.78 is 0. The Bertz CT molecular complexity index is 351. The van der Waals surface area contributed by atoms with Crippen LogP contribution >= 0.6 is 0 Å². The fourth-order valence-corrected chi connectivity index (χ4v) is 2.84. The summed E-state index contributed by atoms with van der Waals surface area (Å²) in [6.07, 6.45) is 8.32. The lowest BCUT2D eigenvalue weighted by molar-refractivity contribution is -0.134. The molecule has 0 unspecified atom stereocenters. The molecule has 66 valence electrons. The normalized spacial score (nSPS) is 45.8. The zero-order valence-electron chi connectivity index (χ0n) is 7.14. The minimum Gasteiger partial charge on any atom is -0.299 e. The fraction of sp³-hybridized carbons (Fsp3) is 0.455. The molecule has 13 heavy (non-hydrogen) atoms. The summed E-state index contributed by atoms with van der Waals surface area (Å²) in [5, 5.41) is 0. The Hall–Kier alpha value is -1.18. The molecule has 0 amide bonds. The van der Waals surface area contributed by atoms with Gasteiger partial charge in [0.2, 0.25) is 0 Å². The molecule has 1 saturated carbocycles. The van der Waals surface area contributed by atoms with E-state index >= 15 is 0 Å². The Labute approximate surface area is 76.3 Å². The fourth-order valence-electron chi connectivity index (χ4n) is 2.84. The number of hydrogen-bond donors (Lipinski definition) is 0. The monoisotopic (exact) mass is 174 g/mol. The van der Waals surface area contributed by atoms with E-state index in [4.69, 9.17) is 0 Å². The van der Waals surface area contributed by atoms with Gasteiger partial charge in [0.25, 0.3) is 0 Å². The minimum atomic E-state index is -0.113. The average Bonchev–Trinajstić information content (AvgIpc) is 2.51. The molecule has 4 atom stereocenters. The van der Waals surface area contributed by atoms with Gasteiger partial charge in [-0.2, -0.15) is 0 Å². The molecule has 0 spiro atoms. The number of Topliss-reactive ketones (excluding diaryl/α,β-unsaturated/α-hetero) is 1. The van der Waals surface area contributed by atoms with Crippen LogP contribution in [-0.4, -0.2) is 11.6 Å². The van der Waals surface area contributed by atoms with Crippen LogP contribution in [0.3, 0.4) is 0 Å². The molecule has 4 rings (SSSR count). The molecule has 0 heterocycles. The molecular formula is C11H10O2. The molecule has 2 heteroatoms. The van der Waals surface area contributed by atoms with Crippen LogP contribution in [0.5, 0.6) is 0 Å². The van der Waals surface area contributed by atoms with E-state index in [1.165, 1.54) is 0 Å². The first-order chi connectivity index (χ1) is 6.27. The average molecular weight is 174 g/mol. The predicted octanol–water partition coefficient (Wildman–Crippen LogP) is 1.13. The van der Waals surface area contributed by atoms with E-state index in [1.807, 2.05) is 12.2 Å². The first kappa shape index (κ1) is 7.25. The molecule has 2 bridgehead atoms. The van der Waals surface area contributed by atoms with E-state index in [1.54, 1.807) is 6.08 Å². The Morgan fingerprint density at radius 3 is 2.77 bits per heavy atom. The van der Waals surface area contributed by atoms with Crippen molar-refractivity contribution < 1.29 is 9.59 Å². The van der Waals surface area contributed by atoms with E-state index in [-0.39, 0.29) is 23.4 Å². The quantitative estimate of drug-likeness (QED) is 0.516. The van der Waals surface area contributed by atoms with Gasteiger partial charge in [0, 0.05) is 18.3 Å². The van der Waals surface area contributed by atoms with E-state index in [0.29, 0.717) is 18.3 Å². The van der Waals surface area contributed by atoms with Crippen molar-refractivity contribution in [3.63, 3.8) is 0 Å². The molecule has 0 radical (unpaired) electrons. The van der Waals surface area contributed by atoms with E-state index in [0.717, 1.165) is 0 Å². The van der Waals surface area contributed by atoms with Crippen molar-refractivity contribution >= 4 is 11.6 Å². The second kappa shape index (κ2) is 2.19. The molecule has 4 aliphatic carbocycles. The van der Waals surface area contributed by atoms with Gasteiger partial charge in [0.15, 0.2) is 5.78 Å². The summed E-state index contributed by atoms with van der Waals surface area (Å²) in [5.74, 6) is 0.863. The van der Waals surface area contributed by atoms with Gasteiger partial charge in [-0.3, -0.25) is 9.59 Å². The molecule has 0 aromatic rings. The molecule has 0 N–H and O–H groups in total. The summed E-state index contributed by atoms with van der Waals surface area (Å²) >= 11 is 0. The number of carbonyl (C=O) groups is 2. The number of fused-ring (bicyclic) bond motifs is 1. The number of allylic oxidation sites excluding steroid dienone is 4. The van der Waals surface area contributed by atoms with Crippen molar-refractivity contribution in [2.24, 2.45) is 23.7 Å². The van der Waals surface area contributed by atoms with E-state index in [9.17, 15) is 9.59 Å². The first-order valence-electron chi connectivity index (χ1n) is 4.70. The van der Waals surface area contributed by atoms with Crippen molar-refractivity contribution in [1.29, 1.82) is 0 Å². The van der Waals surface area contributed by atoms with Gasteiger partial charge in [0.1, 0.15) is 5.78 Å².